The van der Waals surface area contributed by atoms with Gasteiger partial charge >= 0.3 is 0 Å². The standard InChI is InChI=1S/C14H28N2/c1-2-14-7-3-4-10-16(14)11-8-13-6-5-9-15-12-13/h13-15H,2-12H2,1H3/t13-,14-/m0/s1. The van der Waals surface area contributed by atoms with Crippen LogP contribution in [0.4, 0.5) is 0 Å². The van der Waals surface area contributed by atoms with Gasteiger partial charge in [0.05, 0.1) is 0 Å². The van der Waals surface area contributed by atoms with Gasteiger partial charge < -0.3 is 10.2 Å². The van der Waals surface area contributed by atoms with E-state index in [-0.39, 0.29) is 0 Å². The van der Waals surface area contributed by atoms with E-state index in [2.05, 4.69) is 17.1 Å². The Kier molecular flexibility index (Phi) is 5.11. The first-order chi connectivity index (χ1) is 7.90. The van der Waals surface area contributed by atoms with E-state index in [4.69, 9.17) is 0 Å². The van der Waals surface area contributed by atoms with Crippen molar-refractivity contribution in [1.29, 1.82) is 0 Å². The van der Waals surface area contributed by atoms with Crippen LogP contribution in [0.1, 0.15) is 51.9 Å². The summed E-state index contributed by atoms with van der Waals surface area (Å²) in [7, 11) is 0. The Morgan fingerprint density at radius 2 is 2.12 bits per heavy atom. The lowest BCUT2D eigenvalue weighted by Crippen LogP contribution is -2.41. The monoisotopic (exact) mass is 224 g/mol. The number of nitrogens with one attached hydrogen (secondary N) is 1. The summed E-state index contributed by atoms with van der Waals surface area (Å²) < 4.78 is 0. The maximum atomic E-state index is 3.53. The molecule has 2 aliphatic rings. The molecule has 2 atom stereocenters. The highest BCUT2D eigenvalue weighted by molar-refractivity contribution is 4.77. The predicted molar refractivity (Wildman–Crippen MR) is 69.7 cm³/mol. The summed E-state index contributed by atoms with van der Waals surface area (Å²) in [5.41, 5.74) is 0. The first-order valence-corrected chi connectivity index (χ1v) is 7.35. The number of nitrogens with zero attached hydrogens (tertiary/aromatic N) is 1. The molecule has 1 N–H and O–H groups in total. The summed E-state index contributed by atoms with van der Waals surface area (Å²) in [6.45, 7) is 7.58. The van der Waals surface area contributed by atoms with Gasteiger partial charge in [-0.2, -0.15) is 0 Å². The first kappa shape index (κ1) is 12.4. The molecule has 94 valence electrons. The maximum absolute atomic E-state index is 3.53. The zero-order valence-corrected chi connectivity index (χ0v) is 10.9. The van der Waals surface area contributed by atoms with E-state index in [9.17, 15) is 0 Å². The zero-order chi connectivity index (χ0) is 11.2. The van der Waals surface area contributed by atoms with Crippen molar-refractivity contribution >= 4 is 0 Å². The van der Waals surface area contributed by atoms with E-state index in [1.54, 1.807) is 0 Å². The lowest BCUT2D eigenvalue weighted by Gasteiger charge is -2.36. The number of hydrogen-bond acceptors (Lipinski definition) is 2. The largest absolute Gasteiger partial charge is 0.316 e. The average Bonchev–Trinajstić information content (AvgIpc) is 2.38. The molecule has 0 unspecified atom stereocenters. The Morgan fingerprint density at radius 1 is 1.19 bits per heavy atom. The molecular formula is C14H28N2. The highest BCUT2D eigenvalue weighted by Gasteiger charge is 2.21. The second-order valence-electron chi connectivity index (χ2n) is 5.59. The molecule has 2 saturated heterocycles. The smallest absolute Gasteiger partial charge is 0.00926 e. The fourth-order valence-corrected chi connectivity index (χ4v) is 3.34. The normalized spacial score (nSPS) is 32.8. The predicted octanol–water partition coefficient (Wildman–Crippen LogP) is 2.64. The molecule has 2 fully saturated rings. The van der Waals surface area contributed by atoms with E-state index in [0.717, 1.165) is 12.0 Å². The average molecular weight is 224 g/mol. The molecule has 0 bridgehead atoms. The van der Waals surface area contributed by atoms with Crippen LogP contribution in [0, 0.1) is 5.92 Å². The van der Waals surface area contributed by atoms with E-state index < -0.39 is 0 Å². The third kappa shape index (κ3) is 3.46. The number of piperidine rings is 2. The molecule has 2 nitrogen and oxygen atoms in total. The van der Waals surface area contributed by atoms with E-state index in [0.29, 0.717) is 0 Å². The Balaban J connectivity index is 1.70. The summed E-state index contributed by atoms with van der Waals surface area (Å²) in [4.78, 5) is 2.76. The molecule has 0 amide bonds. The van der Waals surface area contributed by atoms with Crippen LogP contribution >= 0.6 is 0 Å². The van der Waals surface area contributed by atoms with Gasteiger partial charge in [0.15, 0.2) is 0 Å². The zero-order valence-electron chi connectivity index (χ0n) is 10.9. The molecular weight excluding hydrogens is 196 g/mol. The van der Waals surface area contributed by atoms with Crippen molar-refractivity contribution in [2.75, 3.05) is 26.2 Å². The number of hydrogen-bond donors (Lipinski definition) is 1. The summed E-state index contributed by atoms with van der Waals surface area (Å²) in [5.74, 6) is 0.952. The van der Waals surface area contributed by atoms with E-state index in [1.165, 1.54) is 71.1 Å². The van der Waals surface area contributed by atoms with Crippen molar-refractivity contribution in [3.05, 3.63) is 0 Å². The van der Waals surface area contributed by atoms with Crippen LogP contribution in [0.2, 0.25) is 0 Å². The van der Waals surface area contributed by atoms with Crippen LogP contribution in [0.15, 0.2) is 0 Å². The SMILES string of the molecule is CC[C@H]1CCCCN1CC[C@@H]1CCCNC1. The maximum Gasteiger partial charge on any atom is 0.00926 e. The summed E-state index contributed by atoms with van der Waals surface area (Å²) in [6.07, 6.45) is 9.95. The van der Waals surface area contributed by atoms with Gasteiger partial charge in [0.2, 0.25) is 0 Å². The van der Waals surface area contributed by atoms with E-state index in [1.807, 2.05) is 0 Å². The van der Waals surface area contributed by atoms with Crippen LogP contribution in [-0.4, -0.2) is 37.1 Å². The van der Waals surface area contributed by atoms with E-state index >= 15 is 0 Å². The second-order valence-corrected chi connectivity index (χ2v) is 5.59. The van der Waals surface area contributed by atoms with Crippen LogP contribution in [0.5, 0.6) is 0 Å². The summed E-state index contributed by atoms with van der Waals surface area (Å²) >= 11 is 0. The van der Waals surface area contributed by atoms with Crippen molar-refractivity contribution in [2.45, 2.75) is 57.9 Å². The molecule has 2 heteroatoms. The molecule has 2 rings (SSSR count). The van der Waals surface area contributed by atoms with Gasteiger partial charge in [-0.05, 0) is 70.6 Å². The lowest BCUT2D eigenvalue weighted by atomic mass is 9.94. The van der Waals surface area contributed by atoms with Crippen molar-refractivity contribution in [3.8, 4) is 0 Å². The fraction of sp³-hybridized carbons (Fsp3) is 1.00. The second kappa shape index (κ2) is 6.61. The highest BCUT2D eigenvalue weighted by atomic mass is 15.2. The number of rotatable bonds is 4. The van der Waals surface area contributed by atoms with Gasteiger partial charge in [-0.1, -0.05) is 13.3 Å². The van der Waals surface area contributed by atoms with Crippen LogP contribution in [0.3, 0.4) is 0 Å². The minimum Gasteiger partial charge on any atom is -0.316 e. The third-order valence-corrected chi connectivity index (χ3v) is 4.44. The van der Waals surface area contributed by atoms with Crippen LogP contribution in [-0.2, 0) is 0 Å². The van der Waals surface area contributed by atoms with Gasteiger partial charge in [0, 0.05) is 6.04 Å². The molecule has 0 aliphatic carbocycles. The molecule has 0 radical (unpaired) electrons. The van der Waals surface area contributed by atoms with Crippen LogP contribution < -0.4 is 5.32 Å². The molecule has 0 saturated carbocycles. The Bertz CT molecular complexity index is 187. The molecule has 2 heterocycles. The van der Waals surface area contributed by atoms with Crippen molar-refractivity contribution in [3.63, 3.8) is 0 Å². The first-order valence-electron chi connectivity index (χ1n) is 7.35. The Morgan fingerprint density at radius 3 is 2.88 bits per heavy atom. The number of likely N-dealkylation sites (tertiary alicyclic amines) is 1. The highest BCUT2D eigenvalue weighted by Crippen LogP contribution is 2.22. The van der Waals surface area contributed by atoms with Gasteiger partial charge in [0.1, 0.15) is 0 Å². The summed E-state index contributed by atoms with van der Waals surface area (Å²) in [6, 6.07) is 0.894. The quantitative estimate of drug-likeness (QED) is 0.790. The third-order valence-electron chi connectivity index (χ3n) is 4.44. The minimum absolute atomic E-state index is 0.894. The molecule has 2 aliphatic heterocycles. The Labute approximate surface area is 101 Å². The van der Waals surface area contributed by atoms with Gasteiger partial charge in [-0.15, -0.1) is 0 Å². The van der Waals surface area contributed by atoms with Gasteiger partial charge in [-0.3, -0.25) is 0 Å². The van der Waals surface area contributed by atoms with Crippen molar-refractivity contribution in [1.82, 2.24) is 10.2 Å². The van der Waals surface area contributed by atoms with Crippen LogP contribution in [0.25, 0.3) is 0 Å². The fourth-order valence-electron chi connectivity index (χ4n) is 3.34. The lowest BCUT2D eigenvalue weighted by molar-refractivity contribution is 0.131. The molecule has 0 spiro atoms. The Hall–Kier alpha value is -0.0800. The molecule has 0 aromatic rings. The minimum atomic E-state index is 0.894. The van der Waals surface area contributed by atoms with Crippen molar-refractivity contribution in [2.24, 2.45) is 5.92 Å². The topological polar surface area (TPSA) is 15.3 Å². The van der Waals surface area contributed by atoms with Crippen molar-refractivity contribution < 1.29 is 0 Å². The molecule has 0 aromatic heterocycles. The molecule has 0 aromatic carbocycles. The van der Waals surface area contributed by atoms with Gasteiger partial charge in [-0.25, -0.2) is 0 Å². The van der Waals surface area contributed by atoms with Gasteiger partial charge in [0.25, 0.3) is 0 Å². The summed E-state index contributed by atoms with van der Waals surface area (Å²) in [5, 5.41) is 3.53. The molecule has 16 heavy (non-hydrogen) atoms.